The fourth-order valence-corrected chi connectivity index (χ4v) is 2.79. The van der Waals surface area contributed by atoms with Crippen LogP contribution in [0.1, 0.15) is 15.2 Å². The van der Waals surface area contributed by atoms with Crippen molar-refractivity contribution in [3.05, 3.63) is 55.4 Å². The van der Waals surface area contributed by atoms with Crippen molar-refractivity contribution < 1.29 is 9.18 Å². The fourth-order valence-electron chi connectivity index (χ4n) is 1.40. The van der Waals surface area contributed by atoms with Crippen molar-refractivity contribution in [3.8, 4) is 0 Å². The summed E-state index contributed by atoms with van der Waals surface area (Å²) in [6.07, 6.45) is 0.0438. The summed E-state index contributed by atoms with van der Waals surface area (Å²) in [6, 6.07) is 7.88. The standard InChI is InChI=1S/C12H7BrClFOS/c13-8-1-2-9(15)7(5-8)6-10(16)11-3-4-12(14)17-11/h1-5H,6H2. The van der Waals surface area contributed by atoms with Crippen molar-refractivity contribution >= 4 is 44.7 Å². The third-order valence-electron chi connectivity index (χ3n) is 2.21. The third kappa shape index (κ3) is 3.15. The molecule has 1 heterocycles. The van der Waals surface area contributed by atoms with Gasteiger partial charge in [0.05, 0.1) is 9.21 Å². The van der Waals surface area contributed by atoms with Gasteiger partial charge >= 0.3 is 0 Å². The van der Waals surface area contributed by atoms with E-state index in [9.17, 15) is 9.18 Å². The lowest BCUT2D eigenvalue weighted by atomic mass is 10.1. The van der Waals surface area contributed by atoms with E-state index in [1.165, 1.54) is 17.4 Å². The molecule has 2 aromatic rings. The lowest BCUT2D eigenvalue weighted by Crippen LogP contribution is -2.03. The van der Waals surface area contributed by atoms with Crippen LogP contribution >= 0.6 is 38.9 Å². The lowest BCUT2D eigenvalue weighted by molar-refractivity contribution is 0.0995. The molecule has 1 aromatic heterocycles. The molecule has 0 spiro atoms. The summed E-state index contributed by atoms with van der Waals surface area (Å²) in [5, 5.41) is 0. The SMILES string of the molecule is O=C(Cc1cc(Br)ccc1F)c1ccc(Cl)s1. The van der Waals surface area contributed by atoms with E-state index >= 15 is 0 Å². The number of hydrogen-bond acceptors (Lipinski definition) is 2. The molecule has 1 nitrogen and oxygen atoms in total. The zero-order valence-corrected chi connectivity index (χ0v) is 11.7. The van der Waals surface area contributed by atoms with E-state index < -0.39 is 0 Å². The first-order valence-corrected chi connectivity index (χ1v) is 6.77. The molecule has 0 aliphatic carbocycles. The Balaban J connectivity index is 2.21. The normalized spacial score (nSPS) is 10.5. The van der Waals surface area contributed by atoms with Gasteiger partial charge in [-0.05, 0) is 35.9 Å². The average molecular weight is 334 g/mol. The number of hydrogen-bond donors (Lipinski definition) is 0. The Labute approximate surface area is 115 Å². The van der Waals surface area contributed by atoms with Crippen LogP contribution in [0, 0.1) is 5.82 Å². The van der Waals surface area contributed by atoms with Gasteiger partial charge in [0.25, 0.3) is 0 Å². The van der Waals surface area contributed by atoms with Crippen LogP contribution in [0.4, 0.5) is 4.39 Å². The Morgan fingerprint density at radius 1 is 1.35 bits per heavy atom. The van der Waals surface area contributed by atoms with Gasteiger partial charge in [-0.25, -0.2) is 4.39 Å². The van der Waals surface area contributed by atoms with Gasteiger partial charge in [0.2, 0.25) is 0 Å². The summed E-state index contributed by atoms with van der Waals surface area (Å²) in [5.74, 6) is -0.497. The molecule has 0 bridgehead atoms. The number of rotatable bonds is 3. The average Bonchev–Trinajstić information content (AvgIpc) is 2.70. The zero-order valence-electron chi connectivity index (χ0n) is 8.54. The highest BCUT2D eigenvalue weighted by Crippen LogP contribution is 2.24. The molecule has 0 fully saturated rings. The molecule has 0 aliphatic rings. The van der Waals surface area contributed by atoms with Crippen LogP contribution in [-0.4, -0.2) is 5.78 Å². The zero-order chi connectivity index (χ0) is 12.4. The second-order valence-corrected chi connectivity index (χ2v) is 6.07. The lowest BCUT2D eigenvalue weighted by Gasteiger charge is -2.02. The minimum absolute atomic E-state index is 0.0438. The van der Waals surface area contributed by atoms with Crippen LogP contribution in [0.25, 0.3) is 0 Å². The highest BCUT2D eigenvalue weighted by molar-refractivity contribution is 9.10. The second kappa shape index (κ2) is 5.29. The van der Waals surface area contributed by atoms with Crippen molar-refractivity contribution in [2.24, 2.45) is 0 Å². The Morgan fingerprint density at radius 3 is 2.76 bits per heavy atom. The molecule has 0 amide bonds. The molecule has 0 saturated carbocycles. The summed E-state index contributed by atoms with van der Waals surface area (Å²) >= 11 is 10.2. The summed E-state index contributed by atoms with van der Waals surface area (Å²) in [7, 11) is 0. The number of Topliss-reactive ketones (excluding diaryl/α,β-unsaturated/α-hetero) is 1. The molecule has 1 aromatic carbocycles. The number of thiophene rings is 1. The highest BCUT2D eigenvalue weighted by Gasteiger charge is 2.12. The quantitative estimate of drug-likeness (QED) is 0.742. The smallest absolute Gasteiger partial charge is 0.177 e. The predicted octanol–water partition coefficient (Wildman–Crippen LogP) is 4.73. The maximum Gasteiger partial charge on any atom is 0.177 e. The summed E-state index contributed by atoms with van der Waals surface area (Å²) in [6.45, 7) is 0. The number of carbonyl (C=O) groups excluding carboxylic acids is 1. The number of halogens is 3. The van der Waals surface area contributed by atoms with Crippen LogP contribution < -0.4 is 0 Å². The molecule has 5 heteroatoms. The van der Waals surface area contributed by atoms with Gasteiger partial charge in [-0.2, -0.15) is 0 Å². The van der Waals surface area contributed by atoms with E-state index in [-0.39, 0.29) is 18.0 Å². The first kappa shape index (κ1) is 12.7. The molecule has 2 rings (SSSR count). The van der Waals surface area contributed by atoms with Crippen LogP contribution in [0.2, 0.25) is 4.34 Å². The van der Waals surface area contributed by atoms with Crippen LogP contribution in [0.3, 0.4) is 0 Å². The van der Waals surface area contributed by atoms with Crippen molar-refractivity contribution in [1.82, 2.24) is 0 Å². The van der Waals surface area contributed by atoms with Crippen LogP contribution in [0.15, 0.2) is 34.8 Å². The van der Waals surface area contributed by atoms with Crippen LogP contribution in [-0.2, 0) is 6.42 Å². The summed E-state index contributed by atoms with van der Waals surface area (Å²) in [5.41, 5.74) is 0.383. The van der Waals surface area contributed by atoms with Crippen molar-refractivity contribution in [3.63, 3.8) is 0 Å². The van der Waals surface area contributed by atoms with E-state index in [0.717, 1.165) is 4.47 Å². The molecule has 0 saturated heterocycles. The van der Waals surface area contributed by atoms with Gasteiger partial charge in [-0.3, -0.25) is 4.79 Å². The fraction of sp³-hybridized carbons (Fsp3) is 0.0833. The molecular formula is C12H7BrClFOS. The number of ketones is 1. The molecule has 0 N–H and O–H groups in total. The maximum atomic E-state index is 13.5. The Kier molecular flexibility index (Phi) is 3.97. The van der Waals surface area contributed by atoms with Gasteiger partial charge < -0.3 is 0 Å². The number of benzene rings is 1. The molecule has 0 unspecified atom stereocenters. The Bertz CT molecular complexity index is 567. The molecule has 0 aliphatic heterocycles. The molecule has 17 heavy (non-hydrogen) atoms. The van der Waals surface area contributed by atoms with Gasteiger partial charge in [0.15, 0.2) is 5.78 Å². The molecule has 88 valence electrons. The van der Waals surface area contributed by atoms with Gasteiger partial charge in [0.1, 0.15) is 5.82 Å². The minimum atomic E-state index is -0.371. The van der Waals surface area contributed by atoms with E-state index in [4.69, 9.17) is 11.6 Å². The minimum Gasteiger partial charge on any atom is -0.293 e. The Morgan fingerprint density at radius 2 is 2.12 bits per heavy atom. The van der Waals surface area contributed by atoms with Gasteiger partial charge in [0, 0.05) is 10.9 Å². The van der Waals surface area contributed by atoms with Crippen molar-refractivity contribution in [2.75, 3.05) is 0 Å². The number of carbonyl (C=O) groups is 1. The largest absolute Gasteiger partial charge is 0.293 e. The molecular weight excluding hydrogens is 327 g/mol. The third-order valence-corrected chi connectivity index (χ3v) is 3.97. The van der Waals surface area contributed by atoms with E-state index in [1.54, 1.807) is 24.3 Å². The van der Waals surface area contributed by atoms with Crippen LogP contribution in [0.5, 0.6) is 0 Å². The second-order valence-electron chi connectivity index (χ2n) is 3.44. The van der Waals surface area contributed by atoms with Gasteiger partial charge in [-0.1, -0.05) is 27.5 Å². The van der Waals surface area contributed by atoms with E-state index in [0.29, 0.717) is 14.8 Å². The first-order chi connectivity index (χ1) is 8.06. The predicted molar refractivity (Wildman–Crippen MR) is 71.5 cm³/mol. The summed E-state index contributed by atoms with van der Waals surface area (Å²) < 4.78 is 14.8. The first-order valence-electron chi connectivity index (χ1n) is 4.79. The van der Waals surface area contributed by atoms with E-state index in [1.807, 2.05) is 0 Å². The van der Waals surface area contributed by atoms with Crippen molar-refractivity contribution in [2.45, 2.75) is 6.42 Å². The van der Waals surface area contributed by atoms with Gasteiger partial charge in [-0.15, -0.1) is 11.3 Å². The van der Waals surface area contributed by atoms with E-state index in [2.05, 4.69) is 15.9 Å². The maximum absolute atomic E-state index is 13.5. The van der Waals surface area contributed by atoms with Crippen molar-refractivity contribution in [1.29, 1.82) is 0 Å². The molecule has 0 atom stereocenters. The monoisotopic (exact) mass is 332 g/mol. The molecule has 0 radical (unpaired) electrons. The topological polar surface area (TPSA) is 17.1 Å². The Hall–Kier alpha value is -0.710. The summed E-state index contributed by atoms with van der Waals surface area (Å²) in [4.78, 5) is 12.4. The highest BCUT2D eigenvalue weighted by atomic mass is 79.9.